The van der Waals surface area contributed by atoms with Gasteiger partial charge in [0.05, 0.1) is 5.92 Å². The maximum absolute atomic E-state index is 11.9. The topological polar surface area (TPSA) is 59.2 Å². The molecular formula is C16H18BrN3O2. The van der Waals surface area contributed by atoms with Gasteiger partial charge < -0.3 is 9.42 Å². The molecule has 1 saturated heterocycles. The van der Waals surface area contributed by atoms with Crippen LogP contribution >= 0.6 is 15.9 Å². The van der Waals surface area contributed by atoms with E-state index in [9.17, 15) is 4.79 Å². The van der Waals surface area contributed by atoms with E-state index in [1.54, 1.807) is 0 Å². The molecule has 0 radical (unpaired) electrons. The second-order valence-corrected chi connectivity index (χ2v) is 6.41. The fourth-order valence-corrected chi connectivity index (χ4v) is 3.01. The average Bonchev–Trinajstić information content (AvgIpc) is 3.05. The van der Waals surface area contributed by atoms with Gasteiger partial charge in [0.2, 0.25) is 17.6 Å². The number of carbonyl (C=O) groups is 1. The van der Waals surface area contributed by atoms with E-state index in [1.807, 2.05) is 36.1 Å². The third-order valence-corrected chi connectivity index (χ3v) is 4.50. The maximum Gasteiger partial charge on any atom is 0.231 e. The summed E-state index contributed by atoms with van der Waals surface area (Å²) in [5.74, 6) is 1.56. The Balaban J connectivity index is 1.75. The van der Waals surface area contributed by atoms with E-state index in [2.05, 4.69) is 26.1 Å². The van der Waals surface area contributed by atoms with Gasteiger partial charge in [0, 0.05) is 29.5 Å². The summed E-state index contributed by atoms with van der Waals surface area (Å²) in [5, 5.41) is 4.08. The van der Waals surface area contributed by atoms with E-state index in [-0.39, 0.29) is 11.8 Å². The van der Waals surface area contributed by atoms with Crippen molar-refractivity contribution >= 4 is 21.8 Å². The molecule has 5 nitrogen and oxygen atoms in total. The minimum atomic E-state index is 0.140. The van der Waals surface area contributed by atoms with Crippen LogP contribution in [0, 0.1) is 0 Å². The molecule has 1 aromatic heterocycles. The van der Waals surface area contributed by atoms with Gasteiger partial charge in [-0.1, -0.05) is 28.0 Å². The monoisotopic (exact) mass is 363 g/mol. The summed E-state index contributed by atoms with van der Waals surface area (Å²) in [7, 11) is 0. The van der Waals surface area contributed by atoms with Crippen LogP contribution in [0.4, 0.5) is 0 Å². The summed E-state index contributed by atoms with van der Waals surface area (Å²) in [4.78, 5) is 18.3. The number of piperidine rings is 1. The molecule has 0 unspecified atom stereocenters. The van der Waals surface area contributed by atoms with Crippen LogP contribution in [0.25, 0.3) is 11.4 Å². The lowest BCUT2D eigenvalue weighted by atomic mass is 9.97. The van der Waals surface area contributed by atoms with Crippen molar-refractivity contribution in [3.63, 3.8) is 0 Å². The highest BCUT2D eigenvalue weighted by atomic mass is 79.9. The molecule has 2 aromatic rings. The number of amides is 1. The van der Waals surface area contributed by atoms with Crippen molar-refractivity contribution in [2.45, 2.75) is 32.1 Å². The van der Waals surface area contributed by atoms with Gasteiger partial charge in [-0.2, -0.15) is 4.98 Å². The molecule has 2 heterocycles. The fourth-order valence-electron chi connectivity index (χ4n) is 2.75. The molecule has 6 heteroatoms. The van der Waals surface area contributed by atoms with Crippen LogP contribution in [0.1, 0.15) is 38.0 Å². The van der Waals surface area contributed by atoms with E-state index in [4.69, 9.17) is 4.52 Å². The zero-order valence-electron chi connectivity index (χ0n) is 12.5. The highest BCUT2D eigenvalue weighted by molar-refractivity contribution is 9.10. The number of halogens is 1. The van der Waals surface area contributed by atoms with Crippen LogP contribution < -0.4 is 0 Å². The van der Waals surface area contributed by atoms with E-state index >= 15 is 0 Å². The molecule has 1 aliphatic rings. The molecule has 1 aliphatic heterocycles. The first-order valence-corrected chi connectivity index (χ1v) is 8.34. The molecule has 0 bridgehead atoms. The summed E-state index contributed by atoms with van der Waals surface area (Å²) in [6.45, 7) is 3.40. The highest BCUT2D eigenvalue weighted by Crippen LogP contribution is 2.28. The van der Waals surface area contributed by atoms with Gasteiger partial charge in [-0.25, -0.2) is 0 Å². The number of carbonyl (C=O) groups excluding carboxylic acids is 1. The van der Waals surface area contributed by atoms with Gasteiger partial charge in [0.1, 0.15) is 0 Å². The van der Waals surface area contributed by atoms with Crippen molar-refractivity contribution in [2.75, 3.05) is 13.1 Å². The van der Waals surface area contributed by atoms with Gasteiger partial charge in [-0.15, -0.1) is 0 Å². The molecule has 0 N–H and O–H groups in total. The zero-order valence-corrected chi connectivity index (χ0v) is 14.0. The Morgan fingerprint density at radius 3 is 2.91 bits per heavy atom. The second-order valence-electron chi connectivity index (χ2n) is 5.50. The summed E-state index contributed by atoms with van der Waals surface area (Å²) < 4.78 is 6.45. The Bertz CT molecular complexity index is 654. The van der Waals surface area contributed by atoms with Crippen LogP contribution in [-0.4, -0.2) is 34.0 Å². The maximum atomic E-state index is 11.9. The van der Waals surface area contributed by atoms with Gasteiger partial charge in [0.25, 0.3) is 0 Å². The molecule has 0 saturated carbocycles. The molecule has 116 valence electrons. The third-order valence-electron chi connectivity index (χ3n) is 3.97. The first-order valence-electron chi connectivity index (χ1n) is 7.54. The lowest BCUT2D eigenvalue weighted by Crippen LogP contribution is -2.38. The number of hydrogen-bond donors (Lipinski definition) is 0. The van der Waals surface area contributed by atoms with E-state index in [1.165, 1.54) is 0 Å². The van der Waals surface area contributed by atoms with E-state index in [0.717, 1.165) is 29.4 Å². The Morgan fingerprint density at radius 2 is 2.18 bits per heavy atom. The van der Waals surface area contributed by atoms with Crippen molar-refractivity contribution in [1.82, 2.24) is 15.0 Å². The summed E-state index contributed by atoms with van der Waals surface area (Å²) in [5.41, 5.74) is 0.926. The standard InChI is InChI=1S/C16H18BrN3O2/c1-2-14(21)20-9-3-4-12(10-20)16-18-15(19-22-16)11-5-7-13(17)8-6-11/h5-8,12H,2-4,9-10H2,1H3/t12-/m0/s1. The first kappa shape index (κ1) is 15.2. The summed E-state index contributed by atoms with van der Waals surface area (Å²) in [6, 6.07) is 7.81. The Labute approximate surface area is 137 Å². The zero-order chi connectivity index (χ0) is 15.5. The first-order chi connectivity index (χ1) is 10.7. The molecule has 3 rings (SSSR count). The van der Waals surface area contributed by atoms with E-state index in [0.29, 0.717) is 24.7 Å². The SMILES string of the molecule is CCC(=O)N1CCC[C@H](c2nc(-c3ccc(Br)cc3)no2)C1. The summed E-state index contributed by atoms with van der Waals surface area (Å²) >= 11 is 3.41. The van der Waals surface area contributed by atoms with Crippen LogP contribution in [0.15, 0.2) is 33.3 Å². The second kappa shape index (κ2) is 6.60. The largest absolute Gasteiger partial charge is 0.342 e. The predicted octanol–water partition coefficient (Wildman–Crippen LogP) is 3.62. The minimum Gasteiger partial charge on any atom is -0.342 e. The molecule has 1 atom stereocenters. The Morgan fingerprint density at radius 1 is 1.41 bits per heavy atom. The van der Waals surface area contributed by atoms with Crippen LogP contribution in [0.2, 0.25) is 0 Å². The minimum absolute atomic E-state index is 0.140. The quantitative estimate of drug-likeness (QED) is 0.835. The molecule has 1 aromatic carbocycles. The molecule has 0 spiro atoms. The van der Waals surface area contributed by atoms with Crippen molar-refractivity contribution in [1.29, 1.82) is 0 Å². The lowest BCUT2D eigenvalue weighted by Gasteiger charge is -2.30. The smallest absolute Gasteiger partial charge is 0.231 e. The number of likely N-dealkylation sites (tertiary alicyclic amines) is 1. The predicted molar refractivity (Wildman–Crippen MR) is 86.3 cm³/mol. The van der Waals surface area contributed by atoms with E-state index < -0.39 is 0 Å². The molecule has 0 aliphatic carbocycles. The fraction of sp³-hybridized carbons (Fsp3) is 0.438. The van der Waals surface area contributed by atoms with Crippen molar-refractivity contribution in [3.8, 4) is 11.4 Å². The van der Waals surface area contributed by atoms with Crippen LogP contribution in [0.3, 0.4) is 0 Å². The Kier molecular flexibility index (Phi) is 4.57. The van der Waals surface area contributed by atoms with Crippen LogP contribution in [0.5, 0.6) is 0 Å². The number of benzene rings is 1. The number of rotatable bonds is 3. The lowest BCUT2D eigenvalue weighted by molar-refractivity contribution is -0.132. The number of aromatic nitrogens is 2. The highest BCUT2D eigenvalue weighted by Gasteiger charge is 2.28. The normalized spacial score (nSPS) is 18.5. The molecular weight excluding hydrogens is 346 g/mol. The molecule has 1 fully saturated rings. The number of nitrogens with zero attached hydrogens (tertiary/aromatic N) is 3. The van der Waals surface area contributed by atoms with Gasteiger partial charge in [-0.3, -0.25) is 4.79 Å². The van der Waals surface area contributed by atoms with Crippen LogP contribution in [-0.2, 0) is 4.79 Å². The van der Waals surface area contributed by atoms with Crippen molar-refractivity contribution in [2.24, 2.45) is 0 Å². The van der Waals surface area contributed by atoms with Gasteiger partial charge in [-0.05, 0) is 37.1 Å². The third kappa shape index (κ3) is 3.21. The molecule has 1 amide bonds. The average molecular weight is 364 g/mol. The van der Waals surface area contributed by atoms with Crippen molar-refractivity contribution in [3.05, 3.63) is 34.6 Å². The van der Waals surface area contributed by atoms with Crippen molar-refractivity contribution < 1.29 is 9.32 Å². The van der Waals surface area contributed by atoms with Gasteiger partial charge >= 0.3 is 0 Å². The number of hydrogen-bond acceptors (Lipinski definition) is 4. The molecule has 22 heavy (non-hydrogen) atoms. The summed E-state index contributed by atoms with van der Waals surface area (Å²) in [6.07, 6.45) is 2.50. The Hall–Kier alpha value is -1.69. The van der Waals surface area contributed by atoms with Gasteiger partial charge in [0.15, 0.2) is 0 Å².